The maximum atomic E-state index is 13.1. The van der Waals surface area contributed by atoms with E-state index in [1.807, 2.05) is 24.5 Å². The van der Waals surface area contributed by atoms with E-state index in [0.717, 1.165) is 66.4 Å². The van der Waals surface area contributed by atoms with E-state index in [-0.39, 0.29) is 5.56 Å². The van der Waals surface area contributed by atoms with Crippen LogP contribution < -0.4 is 10.5 Å². The zero-order chi connectivity index (χ0) is 22.2. The minimum absolute atomic E-state index is 0.00655. The summed E-state index contributed by atoms with van der Waals surface area (Å²) in [6, 6.07) is 20.6. The summed E-state index contributed by atoms with van der Waals surface area (Å²) in [5.74, 6) is 0. The van der Waals surface area contributed by atoms with E-state index >= 15 is 0 Å². The van der Waals surface area contributed by atoms with Gasteiger partial charge in [0, 0.05) is 37.3 Å². The summed E-state index contributed by atoms with van der Waals surface area (Å²) >= 11 is 0. The number of ether oxygens (including phenoxy) is 1. The second-order valence-electron chi connectivity index (χ2n) is 8.63. The van der Waals surface area contributed by atoms with Crippen LogP contribution in [0.25, 0.3) is 16.3 Å². The summed E-state index contributed by atoms with van der Waals surface area (Å²) in [7, 11) is 0. The van der Waals surface area contributed by atoms with E-state index in [1.165, 1.54) is 10.8 Å². The first-order valence-electron chi connectivity index (χ1n) is 11.5. The van der Waals surface area contributed by atoms with Gasteiger partial charge < -0.3 is 14.2 Å². The van der Waals surface area contributed by atoms with Gasteiger partial charge in [-0.2, -0.15) is 0 Å². The number of allylic oxidation sites excluding steroid dienone is 1. The molecule has 164 valence electrons. The largest absolute Gasteiger partial charge is 0.378 e. The molecule has 2 aromatic heterocycles. The molecule has 0 bridgehead atoms. The summed E-state index contributed by atoms with van der Waals surface area (Å²) in [4.78, 5) is 20.1. The zero-order valence-electron chi connectivity index (χ0n) is 18.4. The first-order valence-corrected chi connectivity index (χ1v) is 11.5. The lowest BCUT2D eigenvalue weighted by Crippen LogP contribution is -2.36. The van der Waals surface area contributed by atoms with Crippen LogP contribution in [0.5, 0.6) is 0 Å². The average molecular weight is 436 g/mol. The smallest absolute Gasteiger partial charge is 0.251 e. The molecule has 5 heteroatoms. The highest BCUT2D eigenvalue weighted by Crippen LogP contribution is 2.33. The van der Waals surface area contributed by atoms with E-state index in [2.05, 4.69) is 53.4 Å². The Labute approximate surface area is 192 Å². The third kappa shape index (κ3) is 3.74. The SMILES string of the molecule is O=c1cc(C2=CCc3ncc(N4CCOCC4)cc32)ccn1Cc1cccc2ccccc12. The van der Waals surface area contributed by atoms with Crippen LogP contribution in [-0.2, 0) is 17.7 Å². The van der Waals surface area contributed by atoms with Crippen molar-refractivity contribution in [3.8, 4) is 0 Å². The minimum atomic E-state index is 0.00655. The lowest BCUT2D eigenvalue weighted by molar-refractivity contribution is 0.122. The molecule has 0 N–H and O–H groups in total. The number of hydrogen-bond acceptors (Lipinski definition) is 4. The molecule has 0 saturated carbocycles. The molecule has 0 radical (unpaired) electrons. The highest BCUT2D eigenvalue weighted by molar-refractivity contribution is 5.86. The monoisotopic (exact) mass is 435 g/mol. The molecule has 6 rings (SSSR count). The Bertz CT molecular complexity index is 1430. The van der Waals surface area contributed by atoms with Crippen molar-refractivity contribution in [3.63, 3.8) is 0 Å². The van der Waals surface area contributed by atoms with Crippen LogP contribution in [0.15, 0.2) is 83.9 Å². The van der Waals surface area contributed by atoms with Gasteiger partial charge in [-0.15, -0.1) is 0 Å². The summed E-state index contributed by atoms with van der Waals surface area (Å²) in [5.41, 5.74) is 6.52. The Morgan fingerprint density at radius 3 is 2.70 bits per heavy atom. The van der Waals surface area contributed by atoms with Gasteiger partial charge in [0.25, 0.3) is 5.56 Å². The first kappa shape index (κ1) is 19.9. The van der Waals surface area contributed by atoms with E-state index in [0.29, 0.717) is 6.54 Å². The lowest BCUT2D eigenvalue weighted by Gasteiger charge is -2.29. The predicted molar refractivity (Wildman–Crippen MR) is 132 cm³/mol. The van der Waals surface area contributed by atoms with Gasteiger partial charge in [0.1, 0.15) is 0 Å². The van der Waals surface area contributed by atoms with Crippen molar-refractivity contribution in [1.82, 2.24) is 9.55 Å². The fraction of sp³-hybridized carbons (Fsp3) is 0.214. The third-order valence-electron chi connectivity index (χ3n) is 6.65. The number of hydrogen-bond donors (Lipinski definition) is 0. The average Bonchev–Trinajstić information content (AvgIpc) is 3.29. The second kappa shape index (κ2) is 8.34. The molecule has 1 aliphatic carbocycles. The molecule has 5 nitrogen and oxygen atoms in total. The number of aromatic nitrogens is 2. The van der Waals surface area contributed by atoms with Crippen molar-refractivity contribution in [2.75, 3.05) is 31.2 Å². The molecule has 1 fully saturated rings. The van der Waals surface area contributed by atoms with Crippen molar-refractivity contribution >= 4 is 22.0 Å². The van der Waals surface area contributed by atoms with E-state index in [1.54, 1.807) is 10.6 Å². The van der Waals surface area contributed by atoms with Gasteiger partial charge in [-0.3, -0.25) is 9.78 Å². The van der Waals surface area contributed by atoms with Crippen molar-refractivity contribution in [2.45, 2.75) is 13.0 Å². The minimum Gasteiger partial charge on any atom is -0.378 e. The summed E-state index contributed by atoms with van der Waals surface area (Å²) in [6.07, 6.45) is 6.86. The van der Waals surface area contributed by atoms with E-state index in [9.17, 15) is 4.79 Å². The van der Waals surface area contributed by atoms with Crippen LogP contribution in [0.1, 0.15) is 22.4 Å². The highest BCUT2D eigenvalue weighted by atomic mass is 16.5. The molecule has 0 unspecified atom stereocenters. The Kier molecular flexibility index (Phi) is 5.04. The lowest BCUT2D eigenvalue weighted by atomic mass is 10.0. The molecule has 0 spiro atoms. The number of morpholine rings is 1. The molecule has 4 aromatic rings. The van der Waals surface area contributed by atoms with E-state index in [4.69, 9.17) is 9.72 Å². The zero-order valence-corrected chi connectivity index (χ0v) is 18.4. The Balaban J connectivity index is 1.30. The first-order chi connectivity index (χ1) is 16.3. The van der Waals surface area contributed by atoms with Crippen LogP contribution in [0.2, 0.25) is 0 Å². The summed E-state index contributed by atoms with van der Waals surface area (Å²) < 4.78 is 7.27. The van der Waals surface area contributed by atoms with Crippen molar-refractivity contribution in [2.24, 2.45) is 0 Å². The molecule has 0 amide bonds. The second-order valence-corrected chi connectivity index (χ2v) is 8.63. The van der Waals surface area contributed by atoms with Gasteiger partial charge in [0.15, 0.2) is 0 Å². The normalized spacial score (nSPS) is 15.5. The quantitative estimate of drug-likeness (QED) is 0.480. The topological polar surface area (TPSA) is 47.4 Å². The van der Waals surface area contributed by atoms with Gasteiger partial charge in [0.2, 0.25) is 0 Å². The predicted octanol–water partition coefficient (Wildman–Crippen LogP) is 4.27. The van der Waals surface area contributed by atoms with Crippen LogP contribution >= 0.6 is 0 Å². The van der Waals surface area contributed by atoms with E-state index < -0.39 is 0 Å². The molecule has 3 heterocycles. The molecule has 2 aliphatic rings. The Morgan fingerprint density at radius 2 is 1.82 bits per heavy atom. The van der Waals surface area contributed by atoms with Crippen molar-refractivity contribution in [1.29, 1.82) is 0 Å². The fourth-order valence-corrected chi connectivity index (χ4v) is 4.87. The maximum absolute atomic E-state index is 13.1. The maximum Gasteiger partial charge on any atom is 0.251 e. The number of pyridine rings is 2. The molecule has 33 heavy (non-hydrogen) atoms. The molecule has 0 atom stereocenters. The number of rotatable bonds is 4. The number of nitrogens with zero attached hydrogens (tertiary/aromatic N) is 3. The Hall–Kier alpha value is -3.70. The fourth-order valence-electron chi connectivity index (χ4n) is 4.87. The molecular weight excluding hydrogens is 410 g/mol. The van der Waals surface area contributed by atoms with Crippen molar-refractivity contribution in [3.05, 3.63) is 112 Å². The standard InChI is InChI=1S/C28H25N3O2/c32-28-16-21(10-11-31(28)19-22-6-3-5-20-4-1-2-7-24(20)22)25-8-9-27-26(25)17-23(18-29-27)30-12-14-33-15-13-30/h1-8,10-11,16-18H,9,12-15,19H2. The van der Waals surface area contributed by atoms with Crippen LogP contribution in [-0.4, -0.2) is 35.9 Å². The van der Waals surface area contributed by atoms with Gasteiger partial charge in [0.05, 0.1) is 37.3 Å². The number of fused-ring (bicyclic) bond motifs is 2. The van der Waals surface area contributed by atoms with Gasteiger partial charge >= 0.3 is 0 Å². The summed E-state index contributed by atoms with van der Waals surface area (Å²) in [6.45, 7) is 3.80. The van der Waals surface area contributed by atoms with Gasteiger partial charge in [-0.05, 0) is 39.6 Å². The third-order valence-corrected chi connectivity index (χ3v) is 6.65. The highest BCUT2D eigenvalue weighted by Gasteiger charge is 2.20. The number of benzene rings is 2. The summed E-state index contributed by atoms with van der Waals surface area (Å²) in [5, 5.41) is 2.38. The van der Waals surface area contributed by atoms with Gasteiger partial charge in [-0.1, -0.05) is 48.5 Å². The molecule has 1 saturated heterocycles. The van der Waals surface area contributed by atoms with Crippen molar-refractivity contribution < 1.29 is 4.74 Å². The molecular formula is C28H25N3O2. The van der Waals surface area contributed by atoms with Crippen LogP contribution in [0.4, 0.5) is 5.69 Å². The van der Waals surface area contributed by atoms with Crippen LogP contribution in [0, 0.1) is 0 Å². The molecule has 2 aromatic carbocycles. The number of anilines is 1. The Morgan fingerprint density at radius 1 is 0.970 bits per heavy atom. The molecule has 1 aliphatic heterocycles. The van der Waals surface area contributed by atoms with Gasteiger partial charge in [-0.25, -0.2) is 0 Å². The van der Waals surface area contributed by atoms with Crippen LogP contribution in [0.3, 0.4) is 0 Å².